The van der Waals surface area contributed by atoms with Gasteiger partial charge in [-0.1, -0.05) is 23.7 Å². The fraction of sp³-hybridized carbons (Fsp3) is 0.235. The van der Waals surface area contributed by atoms with Crippen molar-refractivity contribution in [2.24, 2.45) is 0 Å². The first-order valence-corrected chi connectivity index (χ1v) is 7.37. The average Bonchev–Trinajstić information content (AvgIpc) is 2.55. The number of hydrogen-bond donors (Lipinski definition) is 1. The lowest BCUT2D eigenvalue weighted by Gasteiger charge is -2.17. The normalized spacial score (nSPS) is 11.5. The number of hydrogen-bond acceptors (Lipinski definition) is 4. The minimum absolute atomic E-state index is 0.323. The van der Waals surface area contributed by atoms with Gasteiger partial charge in [-0.05, 0) is 37.3 Å². The molecule has 2 aromatic carbocycles. The number of para-hydroxylation sites is 2. The first-order valence-electron chi connectivity index (χ1n) is 6.99. The van der Waals surface area contributed by atoms with E-state index < -0.39 is 6.10 Å². The molecule has 6 heteroatoms. The zero-order valence-corrected chi connectivity index (χ0v) is 13.9. The number of anilines is 1. The number of carbonyl (C=O) groups is 1. The summed E-state index contributed by atoms with van der Waals surface area (Å²) in [5.74, 6) is 1.26. The van der Waals surface area contributed by atoms with E-state index in [-0.39, 0.29) is 5.91 Å². The molecule has 0 spiro atoms. The summed E-state index contributed by atoms with van der Waals surface area (Å²) in [5.41, 5.74) is 0.487. The summed E-state index contributed by atoms with van der Waals surface area (Å²) >= 11 is 5.95. The Morgan fingerprint density at radius 3 is 2.35 bits per heavy atom. The standard InChI is InChI=1S/C17H18ClNO4/c1-11(23-16-7-5-4-6-15(16)22-3)17(20)19-13-10-12(18)8-9-14(13)21-2/h4-11H,1-3H3,(H,19,20). The van der Waals surface area contributed by atoms with Gasteiger partial charge in [0.1, 0.15) is 5.75 Å². The Balaban J connectivity index is 2.10. The molecule has 0 heterocycles. The molecule has 0 aromatic heterocycles. The Labute approximate surface area is 140 Å². The fourth-order valence-corrected chi connectivity index (χ4v) is 2.14. The Bertz CT molecular complexity index is 690. The van der Waals surface area contributed by atoms with E-state index in [2.05, 4.69) is 5.32 Å². The minimum atomic E-state index is -0.727. The molecule has 1 unspecified atom stereocenters. The maximum atomic E-state index is 12.3. The van der Waals surface area contributed by atoms with Crippen LogP contribution in [0, 0.1) is 0 Å². The predicted molar refractivity (Wildman–Crippen MR) is 89.7 cm³/mol. The highest BCUT2D eigenvalue weighted by molar-refractivity contribution is 6.31. The Kier molecular flexibility index (Phi) is 5.71. The first kappa shape index (κ1) is 17.0. The van der Waals surface area contributed by atoms with Gasteiger partial charge in [-0.2, -0.15) is 0 Å². The first-order chi connectivity index (χ1) is 11.0. The number of nitrogens with one attached hydrogen (secondary N) is 1. The molecule has 2 aromatic rings. The molecule has 1 atom stereocenters. The molecule has 0 saturated heterocycles. The van der Waals surface area contributed by atoms with E-state index >= 15 is 0 Å². The van der Waals surface area contributed by atoms with Gasteiger partial charge in [-0.15, -0.1) is 0 Å². The zero-order valence-electron chi connectivity index (χ0n) is 13.1. The van der Waals surface area contributed by atoms with Crippen LogP contribution in [0.2, 0.25) is 5.02 Å². The Hall–Kier alpha value is -2.40. The number of carbonyl (C=O) groups excluding carboxylic acids is 1. The summed E-state index contributed by atoms with van der Waals surface area (Å²) in [6.45, 7) is 1.65. The Morgan fingerprint density at radius 2 is 1.70 bits per heavy atom. The van der Waals surface area contributed by atoms with Gasteiger partial charge in [-0.25, -0.2) is 0 Å². The van der Waals surface area contributed by atoms with Crippen LogP contribution in [0.5, 0.6) is 17.2 Å². The molecule has 1 N–H and O–H groups in total. The maximum Gasteiger partial charge on any atom is 0.265 e. The molecule has 2 rings (SSSR count). The van der Waals surface area contributed by atoms with E-state index in [0.717, 1.165) is 0 Å². The highest BCUT2D eigenvalue weighted by Gasteiger charge is 2.18. The van der Waals surface area contributed by atoms with Gasteiger partial charge in [0.05, 0.1) is 19.9 Å². The van der Waals surface area contributed by atoms with E-state index in [1.807, 2.05) is 12.1 Å². The number of benzene rings is 2. The molecule has 0 aliphatic carbocycles. The summed E-state index contributed by atoms with van der Waals surface area (Å²) in [6.07, 6.45) is -0.727. The van der Waals surface area contributed by atoms with Crippen molar-refractivity contribution in [2.45, 2.75) is 13.0 Å². The molecule has 0 radical (unpaired) electrons. The van der Waals surface area contributed by atoms with Gasteiger partial charge >= 0.3 is 0 Å². The largest absolute Gasteiger partial charge is 0.495 e. The van der Waals surface area contributed by atoms with Crippen LogP contribution in [0.4, 0.5) is 5.69 Å². The third kappa shape index (κ3) is 4.29. The van der Waals surface area contributed by atoms with Gasteiger partial charge in [0.15, 0.2) is 17.6 Å². The minimum Gasteiger partial charge on any atom is -0.495 e. The van der Waals surface area contributed by atoms with E-state index in [9.17, 15) is 4.79 Å². The summed E-state index contributed by atoms with van der Waals surface area (Å²) in [5, 5.41) is 3.25. The van der Waals surface area contributed by atoms with Crippen molar-refractivity contribution in [1.82, 2.24) is 0 Å². The maximum absolute atomic E-state index is 12.3. The molecule has 122 valence electrons. The summed E-state index contributed by atoms with van der Waals surface area (Å²) in [4.78, 5) is 12.3. The lowest BCUT2D eigenvalue weighted by molar-refractivity contribution is -0.122. The van der Waals surface area contributed by atoms with Crippen LogP contribution in [0.15, 0.2) is 42.5 Å². The van der Waals surface area contributed by atoms with Gasteiger partial charge in [0.25, 0.3) is 5.91 Å². The molecule has 0 fully saturated rings. The van der Waals surface area contributed by atoms with Gasteiger partial charge in [-0.3, -0.25) is 4.79 Å². The molecule has 0 aliphatic heterocycles. The van der Waals surface area contributed by atoms with E-state index in [4.69, 9.17) is 25.8 Å². The van der Waals surface area contributed by atoms with Crippen molar-refractivity contribution >= 4 is 23.2 Å². The zero-order chi connectivity index (χ0) is 16.8. The second kappa shape index (κ2) is 7.74. The quantitative estimate of drug-likeness (QED) is 0.873. The van der Waals surface area contributed by atoms with Crippen molar-refractivity contribution in [2.75, 3.05) is 19.5 Å². The molecule has 5 nitrogen and oxygen atoms in total. The SMILES string of the molecule is COc1ccc(Cl)cc1NC(=O)C(C)Oc1ccccc1OC. The third-order valence-electron chi connectivity index (χ3n) is 3.16. The van der Waals surface area contributed by atoms with Crippen molar-refractivity contribution in [1.29, 1.82) is 0 Å². The van der Waals surface area contributed by atoms with E-state index in [0.29, 0.717) is 28.0 Å². The molecule has 0 saturated carbocycles. The van der Waals surface area contributed by atoms with Gasteiger partial charge < -0.3 is 19.5 Å². The highest BCUT2D eigenvalue weighted by Crippen LogP contribution is 2.29. The summed E-state index contributed by atoms with van der Waals surface area (Å²) in [7, 11) is 3.07. The molecular formula is C17H18ClNO4. The molecular weight excluding hydrogens is 318 g/mol. The lowest BCUT2D eigenvalue weighted by atomic mass is 10.2. The van der Waals surface area contributed by atoms with Crippen LogP contribution in [-0.2, 0) is 4.79 Å². The van der Waals surface area contributed by atoms with Crippen molar-refractivity contribution < 1.29 is 19.0 Å². The third-order valence-corrected chi connectivity index (χ3v) is 3.40. The van der Waals surface area contributed by atoms with Crippen LogP contribution in [-0.4, -0.2) is 26.2 Å². The fourth-order valence-electron chi connectivity index (χ4n) is 1.97. The summed E-state index contributed by atoms with van der Waals surface area (Å²) < 4.78 is 16.1. The highest BCUT2D eigenvalue weighted by atomic mass is 35.5. The smallest absolute Gasteiger partial charge is 0.265 e. The van der Waals surface area contributed by atoms with E-state index in [1.165, 1.54) is 7.11 Å². The molecule has 0 aliphatic rings. The topological polar surface area (TPSA) is 56.8 Å². The number of ether oxygens (including phenoxy) is 3. The summed E-state index contributed by atoms with van der Waals surface area (Å²) in [6, 6.07) is 12.1. The second-order valence-electron chi connectivity index (χ2n) is 4.74. The van der Waals surface area contributed by atoms with Gasteiger partial charge in [0, 0.05) is 5.02 Å². The van der Waals surface area contributed by atoms with Crippen LogP contribution < -0.4 is 19.5 Å². The van der Waals surface area contributed by atoms with Crippen LogP contribution in [0.1, 0.15) is 6.92 Å². The molecule has 23 heavy (non-hydrogen) atoms. The Morgan fingerprint density at radius 1 is 1.04 bits per heavy atom. The lowest BCUT2D eigenvalue weighted by Crippen LogP contribution is -2.30. The number of methoxy groups -OCH3 is 2. The molecule has 1 amide bonds. The van der Waals surface area contributed by atoms with Crippen LogP contribution in [0.25, 0.3) is 0 Å². The number of halogens is 1. The second-order valence-corrected chi connectivity index (χ2v) is 5.18. The van der Waals surface area contributed by atoms with Crippen molar-refractivity contribution in [3.8, 4) is 17.2 Å². The monoisotopic (exact) mass is 335 g/mol. The predicted octanol–water partition coefficient (Wildman–Crippen LogP) is 3.76. The van der Waals surface area contributed by atoms with Crippen molar-refractivity contribution in [3.63, 3.8) is 0 Å². The van der Waals surface area contributed by atoms with E-state index in [1.54, 1.807) is 44.4 Å². The number of amides is 1. The molecule has 0 bridgehead atoms. The van der Waals surface area contributed by atoms with Crippen LogP contribution >= 0.6 is 11.6 Å². The van der Waals surface area contributed by atoms with Gasteiger partial charge in [0.2, 0.25) is 0 Å². The number of rotatable bonds is 6. The van der Waals surface area contributed by atoms with Crippen molar-refractivity contribution in [3.05, 3.63) is 47.5 Å². The van der Waals surface area contributed by atoms with Crippen LogP contribution in [0.3, 0.4) is 0 Å². The average molecular weight is 336 g/mol.